The van der Waals surface area contributed by atoms with Crippen LogP contribution in [0.25, 0.3) is 33.4 Å². The Kier molecular flexibility index (Phi) is 7.74. The number of para-hydroxylation sites is 2. The summed E-state index contributed by atoms with van der Waals surface area (Å²) in [5.74, 6) is 0.971. The zero-order valence-corrected chi connectivity index (χ0v) is 23.1. The maximum absolute atomic E-state index is 11.2. The second-order valence-electron chi connectivity index (χ2n) is 10.6. The maximum atomic E-state index is 11.2. The van der Waals surface area contributed by atoms with Crippen molar-refractivity contribution in [2.45, 2.75) is 39.5 Å². The van der Waals surface area contributed by atoms with Gasteiger partial charge >= 0.3 is 0 Å². The molecule has 0 amide bonds. The van der Waals surface area contributed by atoms with E-state index in [1.807, 2.05) is 24.3 Å². The predicted octanol–water partition coefficient (Wildman–Crippen LogP) is 10.4. The first kappa shape index (κ1) is 26.2. The fourth-order valence-electron chi connectivity index (χ4n) is 5.04. The third kappa shape index (κ3) is 5.71. The van der Waals surface area contributed by atoms with Gasteiger partial charge in [-0.1, -0.05) is 131 Å². The minimum Gasteiger partial charge on any atom is -0.507 e. The summed E-state index contributed by atoms with van der Waals surface area (Å²) in [7, 11) is 0. The Morgan fingerprint density at radius 2 is 1.05 bits per heavy atom. The summed E-state index contributed by atoms with van der Waals surface area (Å²) in [5, 5.41) is 11.2. The second kappa shape index (κ2) is 11.5. The van der Waals surface area contributed by atoms with Gasteiger partial charge in [0.2, 0.25) is 0 Å². The van der Waals surface area contributed by atoms with Crippen LogP contribution in [-0.2, 0) is 0 Å². The number of phenols is 1. The number of rotatable bonds is 7. The zero-order valence-electron chi connectivity index (χ0n) is 23.1. The topological polar surface area (TPSA) is 32.6 Å². The summed E-state index contributed by atoms with van der Waals surface area (Å²) in [5.41, 5.74) is 10.6. The molecule has 39 heavy (non-hydrogen) atoms. The summed E-state index contributed by atoms with van der Waals surface area (Å²) in [6.07, 6.45) is 1.80. The Morgan fingerprint density at radius 3 is 1.67 bits per heavy atom. The molecule has 0 aliphatic carbocycles. The van der Waals surface area contributed by atoms with E-state index in [1.165, 1.54) is 22.3 Å². The molecular weight excluding hydrogens is 474 g/mol. The highest BCUT2D eigenvalue weighted by Gasteiger charge is 2.14. The van der Waals surface area contributed by atoms with Crippen LogP contribution in [-0.4, -0.2) is 11.3 Å². The molecule has 0 fully saturated rings. The van der Waals surface area contributed by atoms with Crippen LogP contribution < -0.4 is 0 Å². The standard InChI is InChI=1S/C37H35NO/c1-25(2)33-16-10-17-34(26(3)4)36(33)38-24-32-15-9-18-35(37(32)39)29-21-19-28(20-22-29)31-14-8-13-30(23-31)27-11-6-5-7-12-27/h5-26,39H,1-4H3. The van der Waals surface area contributed by atoms with E-state index in [4.69, 9.17) is 4.99 Å². The Labute approximate surface area is 232 Å². The molecule has 194 valence electrons. The number of nitrogens with zero attached hydrogens (tertiary/aromatic N) is 1. The van der Waals surface area contributed by atoms with E-state index < -0.39 is 0 Å². The van der Waals surface area contributed by atoms with Gasteiger partial charge in [-0.25, -0.2) is 0 Å². The van der Waals surface area contributed by atoms with Crippen molar-refractivity contribution in [1.82, 2.24) is 0 Å². The van der Waals surface area contributed by atoms with Gasteiger partial charge in [0.15, 0.2) is 0 Å². The van der Waals surface area contributed by atoms with Gasteiger partial charge < -0.3 is 5.11 Å². The van der Waals surface area contributed by atoms with Gasteiger partial charge in [-0.3, -0.25) is 4.99 Å². The van der Waals surface area contributed by atoms with Crippen molar-refractivity contribution in [3.63, 3.8) is 0 Å². The SMILES string of the molecule is CC(C)c1cccc(C(C)C)c1N=Cc1cccc(-c2ccc(-c3cccc(-c4ccccc4)c3)cc2)c1O. The molecule has 5 aromatic carbocycles. The Hall–Kier alpha value is -4.43. The maximum Gasteiger partial charge on any atom is 0.132 e. The lowest BCUT2D eigenvalue weighted by Crippen LogP contribution is -1.96. The number of aromatic hydroxyl groups is 1. The van der Waals surface area contributed by atoms with Crippen LogP contribution in [0.2, 0.25) is 0 Å². The van der Waals surface area contributed by atoms with Crippen LogP contribution in [0.15, 0.2) is 120 Å². The molecule has 0 saturated heterocycles. The lowest BCUT2D eigenvalue weighted by atomic mass is 9.93. The molecule has 0 saturated carbocycles. The van der Waals surface area contributed by atoms with Crippen molar-refractivity contribution in [2.75, 3.05) is 0 Å². The Bertz CT molecular complexity index is 1570. The quantitative estimate of drug-likeness (QED) is 0.217. The molecule has 1 N–H and O–H groups in total. The Balaban J connectivity index is 1.44. The fraction of sp³-hybridized carbons (Fsp3) is 0.162. The molecule has 5 rings (SSSR count). The minimum absolute atomic E-state index is 0.244. The van der Waals surface area contributed by atoms with Gasteiger partial charge in [-0.15, -0.1) is 0 Å². The van der Waals surface area contributed by atoms with Crippen molar-refractivity contribution in [1.29, 1.82) is 0 Å². The third-order valence-corrected chi connectivity index (χ3v) is 7.24. The first-order valence-corrected chi connectivity index (χ1v) is 13.7. The van der Waals surface area contributed by atoms with E-state index in [9.17, 15) is 5.11 Å². The van der Waals surface area contributed by atoms with Crippen LogP contribution in [0.3, 0.4) is 0 Å². The molecule has 0 aliphatic heterocycles. The highest BCUT2D eigenvalue weighted by atomic mass is 16.3. The van der Waals surface area contributed by atoms with Crippen molar-refractivity contribution in [3.8, 4) is 39.1 Å². The van der Waals surface area contributed by atoms with Crippen LogP contribution in [0.5, 0.6) is 5.75 Å². The summed E-state index contributed by atoms with van der Waals surface area (Å²) in [6.45, 7) is 8.77. The average Bonchev–Trinajstić information content (AvgIpc) is 2.97. The molecular formula is C37H35NO. The van der Waals surface area contributed by atoms with Crippen LogP contribution >= 0.6 is 0 Å². The zero-order chi connectivity index (χ0) is 27.4. The number of hydrogen-bond donors (Lipinski definition) is 1. The van der Waals surface area contributed by atoms with Crippen molar-refractivity contribution in [3.05, 3.63) is 132 Å². The van der Waals surface area contributed by atoms with Gasteiger partial charge in [-0.2, -0.15) is 0 Å². The summed E-state index contributed by atoms with van der Waals surface area (Å²) < 4.78 is 0. The van der Waals surface area contributed by atoms with Crippen LogP contribution in [0, 0.1) is 0 Å². The number of aliphatic imine (C=N–C) groups is 1. The molecule has 0 aromatic heterocycles. The van der Waals surface area contributed by atoms with E-state index in [1.54, 1.807) is 6.21 Å². The normalized spacial score (nSPS) is 11.5. The molecule has 0 unspecified atom stereocenters. The van der Waals surface area contributed by atoms with E-state index in [0.29, 0.717) is 17.4 Å². The fourth-order valence-corrected chi connectivity index (χ4v) is 5.04. The molecule has 2 heteroatoms. The van der Waals surface area contributed by atoms with Crippen LogP contribution in [0.4, 0.5) is 5.69 Å². The molecule has 0 heterocycles. The van der Waals surface area contributed by atoms with E-state index in [2.05, 4.69) is 119 Å². The molecule has 0 atom stereocenters. The lowest BCUT2D eigenvalue weighted by molar-refractivity contribution is 0.476. The van der Waals surface area contributed by atoms with Gasteiger partial charge in [0.05, 0.1) is 5.69 Å². The number of hydrogen-bond acceptors (Lipinski definition) is 2. The average molecular weight is 510 g/mol. The van der Waals surface area contributed by atoms with Crippen LogP contribution in [0.1, 0.15) is 56.2 Å². The van der Waals surface area contributed by atoms with Gasteiger partial charge in [0.25, 0.3) is 0 Å². The molecule has 5 aromatic rings. The summed E-state index contributed by atoms with van der Waals surface area (Å²) in [6, 6.07) is 39.7. The van der Waals surface area contributed by atoms with E-state index in [-0.39, 0.29) is 5.75 Å². The van der Waals surface area contributed by atoms with Crippen molar-refractivity contribution in [2.24, 2.45) is 4.99 Å². The first-order chi connectivity index (χ1) is 18.9. The Morgan fingerprint density at radius 1 is 0.538 bits per heavy atom. The minimum atomic E-state index is 0.244. The largest absolute Gasteiger partial charge is 0.507 e. The van der Waals surface area contributed by atoms with E-state index in [0.717, 1.165) is 27.9 Å². The van der Waals surface area contributed by atoms with Gasteiger partial charge in [0.1, 0.15) is 5.75 Å². The van der Waals surface area contributed by atoms with Crippen molar-refractivity contribution >= 4 is 11.9 Å². The highest BCUT2D eigenvalue weighted by molar-refractivity contribution is 5.90. The molecule has 0 radical (unpaired) electrons. The predicted molar refractivity (Wildman–Crippen MR) is 166 cm³/mol. The second-order valence-corrected chi connectivity index (χ2v) is 10.6. The smallest absolute Gasteiger partial charge is 0.132 e. The van der Waals surface area contributed by atoms with Crippen molar-refractivity contribution < 1.29 is 5.11 Å². The first-order valence-electron chi connectivity index (χ1n) is 13.7. The number of benzene rings is 5. The molecule has 0 aliphatic rings. The van der Waals surface area contributed by atoms with E-state index >= 15 is 0 Å². The van der Waals surface area contributed by atoms with Gasteiger partial charge in [0, 0.05) is 17.3 Å². The monoisotopic (exact) mass is 509 g/mol. The lowest BCUT2D eigenvalue weighted by Gasteiger charge is -2.16. The highest BCUT2D eigenvalue weighted by Crippen LogP contribution is 2.37. The molecule has 0 spiro atoms. The third-order valence-electron chi connectivity index (χ3n) is 7.24. The molecule has 0 bridgehead atoms. The molecule has 2 nitrogen and oxygen atoms in total. The summed E-state index contributed by atoms with van der Waals surface area (Å²) >= 11 is 0. The van der Waals surface area contributed by atoms with Gasteiger partial charge in [-0.05, 0) is 62.9 Å². The number of phenolic OH excluding ortho intramolecular Hbond substituents is 1. The summed E-state index contributed by atoms with van der Waals surface area (Å²) in [4.78, 5) is 4.92.